The van der Waals surface area contributed by atoms with E-state index < -0.39 is 0 Å². The highest BCUT2D eigenvalue weighted by atomic mass is 16.5. The Kier molecular flexibility index (Phi) is 4.43. The third-order valence-corrected chi connectivity index (χ3v) is 6.12. The Balaban J connectivity index is 1.24. The molecule has 162 valence electrons. The Morgan fingerprint density at radius 2 is 2.19 bits per heavy atom. The molecule has 0 fully saturated rings. The smallest absolute Gasteiger partial charge is 0.331 e. The van der Waals surface area contributed by atoms with Gasteiger partial charge in [0.25, 0.3) is 0 Å². The van der Waals surface area contributed by atoms with Gasteiger partial charge in [0.1, 0.15) is 12.1 Å². The molecule has 3 aromatic heterocycles. The van der Waals surface area contributed by atoms with Crippen molar-refractivity contribution in [3.63, 3.8) is 0 Å². The SMILES string of the molecule is CC1Cc2c(ncnc2Oc2ccc3c(ccn3C(=O)Nc3cc4n(n3)CCC4)c2)CN1. The number of ether oxygens (including phenoxy) is 1. The maximum atomic E-state index is 12.8. The molecule has 0 saturated carbocycles. The second kappa shape index (κ2) is 7.45. The molecule has 0 radical (unpaired) electrons. The minimum Gasteiger partial charge on any atom is -0.439 e. The number of anilines is 1. The van der Waals surface area contributed by atoms with Gasteiger partial charge in [-0.2, -0.15) is 5.10 Å². The predicted octanol–water partition coefficient (Wildman–Crippen LogP) is 3.48. The summed E-state index contributed by atoms with van der Waals surface area (Å²) < 4.78 is 9.67. The Morgan fingerprint density at radius 1 is 1.25 bits per heavy atom. The number of aromatic nitrogens is 5. The first-order chi connectivity index (χ1) is 15.6. The van der Waals surface area contributed by atoms with Gasteiger partial charge in [0.15, 0.2) is 5.82 Å². The van der Waals surface area contributed by atoms with Crippen molar-refractivity contribution < 1.29 is 9.53 Å². The number of aryl methyl sites for hydroxylation is 2. The number of hydrogen-bond donors (Lipinski definition) is 2. The van der Waals surface area contributed by atoms with E-state index in [0.29, 0.717) is 30.0 Å². The fourth-order valence-electron chi connectivity index (χ4n) is 4.49. The maximum Gasteiger partial charge on any atom is 0.331 e. The number of fused-ring (bicyclic) bond motifs is 3. The summed E-state index contributed by atoms with van der Waals surface area (Å²) in [5.74, 6) is 1.85. The minimum absolute atomic E-state index is 0.239. The molecule has 6 rings (SSSR count). The first-order valence-corrected chi connectivity index (χ1v) is 10.9. The molecule has 2 N–H and O–H groups in total. The van der Waals surface area contributed by atoms with E-state index in [1.54, 1.807) is 10.8 Å². The van der Waals surface area contributed by atoms with Crippen molar-refractivity contribution in [3.8, 4) is 11.6 Å². The van der Waals surface area contributed by atoms with E-state index in [4.69, 9.17) is 4.74 Å². The lowest BCUT2D eigenvalue weighted by Crippen LogP contribution is -2.33. The van der Waals surface area contributed by atoms with Crippen LogP contribution in [0.4, 0.5) is 10.6 Å². The van der Waals surface area contributed by atoms with E-state index >= 15 is 0 Å². The number of benzene rings is 1. The second-order valence-electron chi connectivity index (χ2n) is 8.38. The molecule has 0 bridgehead atoms. The number of carbonyl (C=O) groups excluding carboxylic acids is 1. The van der Waals surface area contributed by atoms with E-state index in [0.717, 1.165) is 53.7 Å². The van der Waals surface area contributed by atoms with Crippen molar-refractivity contribution in [1.29, 1.82) is 0 Å². The lowest BCUT2D eigenvalue weighted by atomic mass is 10.0. The number of nitrogens with one attached hydrogen (secondary N) is 2. The number of carbonyl (C=O) groups is 1. The molecule has 0 saturated heterocycles. The molecule has 0 spiro atoms. The van der Waals surface area contributed by atoms with Crippen LogP contribution in [0.5, 0.6) is 11.6 Å². The largest absolute Gasteiger partial charge is 0.439 e. The molecule has 9 nitrogen and oxygen atoms in total. The van der Waals surface area contributed by atoms with Crippen molar-refractivity contribution in [1.82, 2.24) is 29.6 Å². The summed E-state index contributed by atoms with van der Waals surface area (Å²) in [7, 11) is 0. The van der Waals surface area contributed by atoms with Crippen LogP contribution in [0.25, 0.3) is 10.9 Å². The van der Waals surface area contributed by atoms with Crippen molar-refractivity contribution in [2.75, 3.05) is 5.32 Å². The zero-order valence-electron chi connectivity index (χ0n) is 17.7. The number of amides is 1. The van der Waals surface area contributed by atoms with E-state index in [9.17, 15) is 4.79 Å². The number of rotatable bonds is 3. The second-order valence-corrected chi connectivity index (χ2v) is 8.38. The van der Waals surface area contributed by atoms with Crippen LogP contribution in [-0.2, 0) is 25.9 Å². The topological polar surface area (TPSA) is 98.9 Å². The van der Waals surface area contributed by atoms with Crippen LogP contribution in [0.3, 0.4) is 0 Å². The van der Waals surface area contributed by atoms with Crippen LogP contribution in [0.15, 0.2) is 42.9 Å². The molecule has 0 aliphatic carbocycles. The van der Waals surface area contributed by atoms with Crippen molar-refractivity contribution in [3.05, 3.63) is 59.8 Å². The molecule has 1 unspecified atom stereocenters. The van der Waals surface area contributed by atoms with Gasteiger partial charge in [-0.25, -0.2) is 14.8 Å². The van der Waals surface area contributed by atoms with E-state index in [1.807, 2.05) is 35.0 Å². The van der Waals surface area contributed by atoms with Crippen LogP contribution >= 0.6 is 0 Å². The Morgan fingerprint density at radius 3 is 3.09 bits per heavy atom. The molecule has 32 heavy (non-hydrogen) atoms. The highest BCUT2D eigenvalue weighted by Crippen LogP contribution is 2.30. The van der Waals surface area contributed by atoms with Crippen molar-refractivity contribution >= 4 is 22.8 Å². The highest BCUT2D eigenvalue weighted by molar-refractivity contribution is 5.98. The summed E-state index contributed by atoms with van der Waals surface area (Å²) in [5, 5.41) is 11.7. The molecule has 1 atom stereocenters. The van der Waals surface area contributed by atoms with Gasteiger partial charge in [0.05, 0.1) is 11.2 Å². The molecular weight excluding hydrogens is 406 g/mol. The Bertz CT molecular complexity index is 1320. The molecule has 1 amide bonds. The van der Waals surface area contributed by atoms with Crippen molar-refractivity contribution in [2.45, 2.75) is 45.3 Å². The first-order valence-electron chi connectivity index (χ1n) is 10.9. The third-order valence-electron chi connectivity index (χ3n) is 6.12. The van der Waals surface area contributed by atoms with Gasteiger partial charge < -0.3 is 10.1 Å². The monoisotopic (exact) mass is 429 g/mol. The van der Waals surface area contributed by atoms with Crippen LogP contribution < -0.4 is 15.4 Å². The Labute approximate surface area is 184 Å². The number of nitrogens with zero attached hydrogens (tertiary/aromatic N) is 5. The van der Waals surface area contributed by atoms with Crippen LogP contribution in [-0.4, -0.2) is 36.4 Å². The maximum absolute atomic E-state index is 12.8. The summed E-state index contributed by atoms with van der Waals surface area (Å²) in [4.78, 5) is 21.6. The van der Waals surface area contributed by atoms with Crippen LogP contribution in [0, 0.1) is 0 Å². The van der Waals surface area contributed by atoms with Crippen LogP contribution in [0.2, 0.25) is 0 Å². The zero-order valence-corrected chi connectivity index (χ0v) is 17.7. The standard InChI is InChI=1S/C23H23N7O2/c1-14-9-18-19(12-24-14)25-13-26-22(18)32-17-4-5-20-15(10-17)6-8-29(20)23(31)27-21-11-16-3-2-7-30(16)28-21/h4-6,8,10-11,13-14,24H,2-3,7,9,12H2,1H3,(H,27,28,31). The molecule has 9 heteroatoms. The van der Waals surface area contributed by atoms with Crippen molar-refractivity contribution in [2.24, 2.45) is 0 Å². The average molecular weight is 429 g/mol. The normalized spacial score (nSPS) is 17.2. The summed E-state index contributed by atoms with van der Waals surface area (Å²) in [6.45, 7) is 3.76. The van der Waals surface area contributed by atoms with Gasteiger partial charge in [0, 0.05) is 48.0 Å². The summed E-state index contributed by atoms with van der Waals surface area (Å²) >= 11 is 0. The van der Waals surface area contributed by atoms with Gasteiger partial charge in [-0.1, -0.05) is 0 Å². The quantitative estimate of drug-likeness (QED) is 0.517. The average Bonchev–Trinajstić information content (AvgIpc) is 3.48. The summed E-state index contributed by atoms with van der Waals surface area (Å²) in [6.07, 6.45) is 6.23. The number of hydrogen-bond acceptors (Lipinski definition) is 6. The summed E-state index contributed by atoms with van der Waals surface area (Å²) in [6, 6.07) is 9.62. The minimum atomic E-state index is -0.239. The third kappa shape index (κ3) is 3.31. The highest BCUT2D eigenvalue weighted by Gasteiger charge is 2.21. The fraction of sp³-hybridized carbons (Fsp3) is 0.304. The molecule has 2 aliphatic rings. The van der Waals surface area contributed by atoms with Gasteiger partial charge in [-0.15, -0.1) is 0 Å². The van der Waals surface area contributed by atoms with Gasteiger partial charge in [0.2, 0.25) is 5.88 Å². The van der Waals surface area contributed by atoms with E-state index in [2.05, 4.69) is 32.6 Å². The van der Waals surface area contributed by atoms with E-state index in [1.165, 1.54) is 6.33 Å². The van der Waals surface area contributed by atoms with Gasteiger partial charge in [-0.3, -0.25) is 14.6 Å². The molecule has 5 heterocycles. The molecule has 1 aromatic carbocycles. The molecule has 4 aromatic rings. The lowest BCUT2D eigenvalue weighted by molar-refractivity contribution is 0.254. The molecular formula is C23H23N7O2. The van der Waals surface area contributed by atoms with E-state index in [-0.39, 0.29) is 6.03 Å². The molecule has 2 aliphatic heterocycles. The van der Waals surface area contributed by atoms with Gasteiger partial charge >= 0.3 is 6.03 Å². The fourth-order valence-corrected chi connectivity index (χ4v) is 4.49. The lowest BCUT2D eigenvalue weighted by Gasteiger charge is -2.23. The summed E-state index contributed by atoms with van der Waals surface area (Å²) in [5.41, 5.74) is 3.98. The Hall–Kier alpha value is -3.72. The first kappa shape index (κ1) is 19.0. The van der Waals surface area contributed by atoms with Gasteiger partial charge in [-0.05, 0) is 50.5 Å². The van der Waals surface area contributed by atoms with Crippen LogP contribution in [0.1, 0.15) is 30.3 Å². The zero-order chi connectivity index (χ0) is 21.7. The predicted molar refractivity (Wildman–Crippen MR) is 119 cm³/mol.